The average Bonchev–Trinajstić information content (AvgIpc) is 2.23. The summed E-state index contributed by atoms with van der Waals surface area (Å²) >= 11 is 0. The summed E-state index contributed by atoms with van der Waals surface area (Å²) in [5.74, 6) is -1.02. The van der Waals surface area contributed by atoms with E-state index in [4.69, 9.17) is 10.5 Å². The molecule has 0 aliphatic heterocycles. The molecule has 0 aliphatic carbocycles. The SMILES string of the molecule is CC(C)(C)OC(=O)N([C@H](CCCCN)C(=O)O)C(C)(C)C.Cl. The van der Waals surface area contributed by atoms with E-state index in [0.717, 1.165) is 6.42 Å². The average molecular weight is 339 g/mol. The first-order valence-corrected chi connectivity index (χ1v) is 7.35. The van der Waals surface area contributed by atoms with Crippen LogP contribution < -0.4 is 5.73 Å². The monoisotopic (exact) mass is 338 g/mol. The van der Waals surface area contributed by atoms with Crippen LogP contribution in [0.3, 0.4) is 0 Å². The van der Waals surface area contributed by atoms with E-state index in [0.29, 0.717) is 19.4 Å². The van der Waals surface area contributed by atoms with Gasteiger partial charge in [-0.15, -0.1) is 12.4 Å². The van der Waals surface area contributed by atoms with Gasteiger partial charge in [0.15, 0.2) is 0 Å². The van der Waals surface area contributed by atoms with E-state index in [1.54, 1.807) is 41.5 Å². The standard InChI is InChI=1S/C15H30N2O4.ClH/c1-14(2,3)17(13(20)21-15(4,5)6)11(12(18)19)9-7-8-10-16;/h11H,7-10,16H2,1-6H3,(H,18,19);1H/t11-;/m1./s1. The fourth-order valence-corrected chi connectivity index (χ4v) is 2.02. The van der Waals surface area contributed by atoms with Gasteiger partial charge in [0, 0.05) is 5.54 Å². The minimum absolute atomic E-state index is 0. The number of aliphatic carboxylic acids is 1. The van der Waals surface area contributed by atoms with E-state index in [1.807, 2.05) is 0 Å². The summed E-state index contributed by atoms with van der Waals surface area (Å²) < 4.78 is 5.36. The molecule has 0 aromatic rings. The molecule has 22 heavy (non-hydrogen) atoms. The molecule has 3 N–H and O–H groups in total. The molecule has 0 fully saturated rings. The molecule has 132 valence electrons. The molecule has 0 heterocycles. The highest BCUT2D eigenvalue weighted by Gasteiger charge is 2.39. The third kappa shape index (κ3) is 8.44. The maximum Gasteiger partial charge on any atom is 0.411 e. The quantitative estimate of drug-likeness (QED) is 0.726. The maximum atomic E-state index is 12.4. The molecule has 6 nitrogen and oxygen atoms in total. The second kappa shape index (κ2) is 9.20. The minimum Gasteiger partial charge on any atom is -0.480 e. The van der Waals surface area contributed by atoms with Crippen LogP contribution in [-0.4, -0.2) is 45.8 Å². The number of unbranched alkanes of at least 4 members (excludes halogenated alkanes) is 1. The van der Waals surface area contributed by atoms with E-state index in [1.165, 1.54) is 4.90 Å². The Kier molecular flexibility index (Phi) is 9.73. The number of ether oxygens (including phenoxy) is 1. The second-order valence-electron chi connectivity index (χ2n) is 7.16. The number of carbonyl (C=O) groups excluding carboxylic acids is 1. The molecule has 0 aromatic heterocycles. The molecule has 0 saturated heterocycles. The molecule has 1 amide bonds. The zero-order valence-electron chi connectivity index (χ0n) is 14.5. The summed E-state index contributed by atoms with van der Waals surface area (Å²) in [5, 5.41) is 9.47. The molecule has 0 aliphatic rings. The normalized spacial score (nSPS) is 13.0. The highest BCUT2D eigenvalue weighted by atomic mass is 35.5. The lowest BCUT2D eigenvalue weighted by Crippen LogP contribution is -2.55. The predicted molar refractivity (Wildman–Crippen MR) is 89.4 cm³/mol. The van der Waals surface area contributed by atoms with E-state index < -0.39 is 29.2 Å². The van der Waals surface area contributed by atoms with E-state index >= 15 is 0 Å². The third-order valence-corrected chi connectivity index (χ3v) is 2.84. The van der Waals surface area contributed by atoms with Crippen LogP contribution in [0.15, 0.2) is 0 Å². The van der Waals surface area contributed by atoms with Gasteiger partial charge < -0.3 is 15.6 Å². The van der Waals surface area contributed by atoms with Gasteiger partial charge in [-0.2, -0.15) is 0 Å². The molecule has 0 saturated carbocycles. The second-order valence-corrected chi connectivity index (χ2v) is 7.16. The summed E-state index contributed by atoms with van der Waals surface area (Å²) in [6, 6.07) is -0.911. The van der Waals surface area contributed by atoms with Gasteiger partial charge in [-0.05, 0) is 67.3 Å². The van der Waals surface area contributed by atoms with Crippen molar-refractivity contribution < 1.29 is 19.4 Å². The van der Waals surface area contributed by atoms with Crippen LogP contribution in [0, 0.1) is 0 Å². The fraction of sp³-hybridized carbons (Fsp3) is 0.867. The molecule has 7 heteroatoms. The van der Waals surface area contributed by atoms with Gasteiger partial charge in [-0.3, -0.25) is 4.90 Å². The van der Waals surface area contributed by atoms with Gasteiger partial charge in [0.05, 0.1) is 0 Å². The number of carboxylic acids is 1. The van der Waals surface area contributed by atoms with E-state index in [9.17, 15) is 14.7 Å². The van der Waals surface area contributed by atoms with Crippen LogP contribution in [0.2, 0.25) is 0 Å². The van der Waals surface area contributed by atoms with Crippen molar-refractivity contribution in [3.05, 3.63) is 0 Å². The largest absolute Gasteiger partial charge is 0.480 e. The van der Waals surface area contributed by atoms with Gasteiger partial charge >= 0.3 is 12.1 Å². The first-order chi connectivity index (χ1) is 9.40. The Morgan fingerprint density at radius 2 is 1.64 bits per heavy atom. The van der Waals surface area contributed by atoms with Crippen molar-refractivity contribution in [2.75, 3.05) is 6.54 Å². The van der Waals surface area contributed by atoms with Crippen molar-refractivity contribution in [2.45, 2.75) is 78.0 Å². The number of nitrogens with zero attached hydrogens (tertiary/aromatic N) is 1. The smallest absolute Gasteiger partial charge is 0.411 e. The van der Waals surface area contributed by atoms with Crippen LogP contribution in [0.1, 0.15) is 60.8 Å². The number of halogens is 1. The Bertz CT molecular complexity index is 362. The summed E-state index contributed by atoms with van der Waals surface area (Å²) in [6.07, 6.45) is 1.15. The van der Waals surface area contributed by atoms with Crippen LogP contribution in [0.5, 0.6) is 0 Å². The number of hydrogen-bond acceptors (Lipinski definition) is 4. The van der Waals surface area contributed by atoms with Crippen molar-refractivity contribution in [3.8, 4) is 0 Å². The molecular formula is C15H31ClN2O4. The summed E-state index contributed by atoms with van der Waals surface area (Å²) in [7, 11) is 0. The number of hydrogen-bond donors (Lipinski definition) is 2. The van der Waals surface area contributed by atoms with Crippen LogP contribution >= 0.6 is 12.4 Å². The Hall–Kier alpha value is -1.01. The molecule has 0 radical (unpaired) electrons. The summed E-state index contributed by atoms with van der Waals surface area (Å²) in [4.78, 5) is 25.3. The third-order valence-electron chi connectivity index (χ3n) is 2.84. The van der Waals surface area contributed by atoms with Crippen molar-refractivity contribution in [1.29, 1.82) is 0 Å². The number of carboxylic acid groups (broad SMARTS) is 1. The van der Waals surface area contributed by atoms with Gasteiger partial charge in [-0.25, -0.2) is 9.59 Å². The van der Waals surface area contributed by atoms with Crippen molar-refractivity contribution in [1.82, 2.24) is 4.90 Å². The number of rotatable bonds is 6. The van der Waals surface area contributed by atoms with Gasteiger partial charge in [0.2, 0.25) is 0 Å². The highest BCUT2D eigenvalue weighted by molar-refractivity contribution is 5.85. The van der Waals surface area contributed by atoms with E-state index in [2.05, 4.69) is 0 Å². The molecule has 0 bridgehead atoms. The first kappa shape index (κ1) is 23.3. The molecule has 0 spiro atoms. The Balaban J connectivity index is 0. The van der Waals surface area contributed by atoms with Crippen molar-refractivity contribution >= 4 is 24.5 Å². The van der Waals surface area contributed by atoms with E-state index in [-0.39, 0.29) is 12.4 Å². The van der Waals surface area contributed by atoms with Crippen molar-refractivity contribution in [3.63, 3.8) is 0 Å². The minimum atomic E-state index is -1.02. The van der Waals surface area contributed by atoms with Crippen LogP contribution in [0.25, 0.3) is 0 Å². The lowest BCUT2D eigenvalue weighted by Gasteiger charge is -2.40. The topological polar surface area (TPSA) is 92.9 Å². The van der Waals surface area contributed by atoms with Crippen molar-refractivity contribution in [2.24, 2.45) is 5.73 Å². The molecule has 0 aromatic carbocycles. The first-order valence-electron chi connectivity index (χ1n) is 7.35. The summed E-state index contributed by atoms with van der Waals surface area (Å²) in [5.41, 5.74) is 4.13. The lowest BCUT2D eigenvalue weighted by atomic mass is 10.00. The fourth-order valence-electron chi connectivity index (χ4n) is 2.02. The summed E-state index contributed by atoms with van der Waals surface area (Å²) in [6.45, 7) is 11.2. The lowest BCUT2D eigenvalue weighted by molar-refractivity contribution is -0.145. The predicted octanol–water partition coefficient (Wildman–Crippen LogP) is 3.03. The molecule has 0 rings (SSSR count). The van der Waals surface area contributed by atoms with Crippen LogP contribution in [0.4, 0.5) is 4.79 Å². The zero-order valence-corrected chi connectivity index (χ0v) is 15.3. The Labute approximate surface area is 139 Å². The van der Waals surface area contributed by atoms with Gasteiger partial charge in [0.25, 0.3) is 0 Å². The number of amides is 1. The molecule has 1 atom stereocenters. The van der Waals surface area contributed by atoms with Gasteiger partial charge in [0.1, 0.15) is 11.6 Å². The molecule has 0 unspecified atom stereocenters. The van der Waals surface area contributed by atoms with Crippen LogP contribution in [-0.2, 0) is 9.53 Å². The Morgan fingerprint density at radius 1 is 1.14 bits per heavy atom. The zero-order chi connectivity index (χ0) is 16.8. The number of nitrogens with two attached hydrogens (primary N) is 1. The highest BCUT2D eigenvalue weighted by Crippen LogP contribution is 2.24. The maximum absolute atomic E-state index is 12.4. The molecular weight excluding hydrogens is 308 g/mol. The Morgan fingerprint density at radius 3 is 1.95 bits per heavy atom. The van der Waals surface area contributed by atoms with Gasteiger partial charge in [-0.1, -0.05) is 0 Å². The number of carbonyl (C=O) groups is 2.